The number of carboxylic acids is 1. The van der Waals surface area contributed by atoms with Gasteiger partial charge in [0.15, 0.2) is 0 Å². The van der Waals surface area contributed by atoms with Crippen LogP contribution in [0.5, 0.6) is 0 Å². The minimum atomic E-state index is -0.593. The van der Waals surface area contributed by atoms with Gasteiger partial charge in [0.1, 0.15) is 0 Å². The Hall–Kier alpha value is -0.570. The number of carboxylic acid groups (broad SMARTS) is 1. The van der Waals surface area contributed by atoms with Gasteiger partial charge in [-0.05, 0) is 45.2 Å². The first-order chi connectivity index (χ1) is 6.77. The molecule has 1 saturated carbocycles. The highest BCUT2D eigenvalue weighted by Gasteiger charge is 2.33. The first kappa shape index (κ1) is 9.97. The standard InChI is InChI=1S/C11H19NO2/c13-11(14)9-4-5-10(8-9)12-6-2-1-3-7-12/h9-10H,1-8H2,(H,13,14)/t9-,10+/m1/s1. The minimum Gasteiger partial charge on any atom is -0.481 e. The summed E-state index contributed by atoms with van der Waals surface area (Å²) < 4.78 is 0. The van der Waals surface area contributed by atoms with Crippen molar-refractivity contribution in [2.45, 2.75) is 44.6 Å². The number of piperidine rings is 1. The Kier molecular flexibility index (Phi) is 3.06. The predicted octanol–water partition coefficient (Wildman–Crippen LogP) is 1.73. The van der Waals surface area contributed by atoms with Crippen molar-refractivity contribution < 1.29 is 9.90 Å². The molecule has 0 aromatic rings. The van der Waals surface area contributed by atoms with Gasteiger partial charge in [-0.1, -0.05) is 6.42 Å². The van der Waals surface area contributed by atoms with Crippen LogP contribution in [0.2, 0.25) is 0 Å². The maximum atomic E-state index is 10.8. The quantitative estimate of drug-likeness (QED) is 0.733. The molecule has 2 atom stereocenters. The van der Waals surface area contributed by atoms with Gasteiger partial charge in [-0.3, -0.25) is 4.79 Å². The van der Waals surface area contributed by atoms with E-state index in [0.717, 1.165) is 19.3 Å². The number of aliphatic carboxylic acids is 1. The monoisotopic (exact) mass is 197 g/mol. The maximum absolute atomic E-state index is 10.8. The Morgan fingerprint density at radius 3 is 2.43 bits per heavy atom. The van der Waals surface area contributed by atoms with E-state index in [1.807, 2.05) is 0 Å². The van der Waals surface area contributed by atoms with Crippen LogP contribution in [0.4, 0.5) is 0 Å². The molecule has 2 rings (SSSR count). The van der Waals surface area contributed by atoms with E-state index in [0.29, 0.717) is 6.04 Å². The van der Waals surface area contributed by atoms with Crippen molar-refractivity contribution >= 4 is 5.97 Å². The number of rotatable bonds is 2. The summed E-state index contributed by atoms with van der Waals surface area (Å²) in [5.74, 6) is -0.661. The van der Waals surface area contributed by atoms with Crippen molar-refractivity contribution in [3.05, 3.63) is 0 Å². The van der Waals surface area contributed by atoms with Gasteiger partial charge < -0.3 is 10.0 Å². The molecular weight excluding hydrogens is 178 g/mol. The Labute approximate surface area is 85.1 Å². The van der Waals surface area contributed by atoms with Crippen LogP contribution in [-0.2, 0) is 4.79 Å². The van der Waals surface area contributed by atoms with Crippen molar-refractivity contribution in [3.8, 4) is 0 Å². The van der Waals surface area contributed by atoms with Gasteiger partial charge >= 0.3 is 5.97 Å². The molecule has 14 heavy (non-hydrogen) atoms. The fourth-order valence-corrected chi connectivity index (χ4v) is 2.80. The van der Waals surface area contributed by atoms with E-state index in [-0.39, 0.29) is 5.92 Å². The van der Waals surface area contributed by atoms with Crippen molar-refractivity contribution in [2.24, 2.45) is 5.92 Å². The first-order valence-electron chi connectivity index (χ1n) is 5.74. The van der Waals surface area contributed by atoms with Crippen molar-refractivity contribution in [1.82, 2.24) is 4.90 Å². The number of carbonyl (C=O) groups is 1. The largest absolute Gasteiger partial charge is 0.481 e. The molecule has 1 N–H and O–H groups in total. The molecule has 0 aromatic carbocycles. The lowest BCUT2D eigenvalue weighted by Crippen LogP contribution is -2.37. The number of hydrogen-bond donors (Lipinski definition) is 1. The summed E-state index contributed by atoms with van der Waals surface area (Å²) in [5, 5.41) is 8.91. The number of nitrogens with zero attached hydrogens (tertiary/aromatic N) is 1. The van der Waals surface area contributed by atoms with E-state index in [1.54, 1.807) is 0 Å². The van der Waals surface area contributed by atoms with Crippen LogP contribution in [0.25, 0.3) is 0 Å². The molecule has 0 bridgehead atoms. The smallest absolute Gasteiger partial charge is 0.306 e. The zero-order valence-corrected chi connectivity index (χ0v) is 8.61. The number of hydrogen-bond acceptors (Lipinski definition) is 2. The molecule has 2 aliphatic rings. The average molecular weight is 197 g/mol. The van der Waals surface area contributed by atoms with Gasteiger partial charge in [-0.15, -0.1) is 0 Å². The van der Waals surface area contributed by atoms with Crippen LogP contribution in [-0.4, -0.2) is 35.1 Å². The normalized spacial score (nSPS) is 34.6. The Morgan fingerprint density at radius 1 is 1.14 bits per heavy atom. The van der Waals surface area contributed by atoms with Crippen LogP contribution in [0.15, 0.2) is 0 Å². The molecule has 3 heteroatoms. The molecular formula is C11H19NO2. The topological polar surface area (TPSA) is 40.5 Å². The summed E-state index contributed by atoms with van der Waals surface area (Å²) >= 11 is 0. The Bertz CT molecular complexity index is 211. The SMILES string of the molecule is O=C(O)[C@@H]1CC[C@H](N2CCCCC2)C1. The van der Waals surface area contributed by atoms with Crippen LogP contribution in [0.1, 0.15) is 38.5 Å². The van der Waals surface area contributed by atoms with Crippen LogP contribution >= 0.6 is 0 Å². The fraction of sp³-hybridized carbons (Fsp3) is 0.909. The summed E-state index contributed by atoms with van der Waals surface area (Å²) in [6, 6.07) is 0.566. The zero-order valence-electron chi connectivity index (χ0n) is 8.61. The fourth-order valence-electron chi connectivity index (χ4n) is 2.80. The highest BCUT2D eigenvalue weighted by Crippen LogP contribution is 2.30. The molecule has 0 radical (unpaired) electrons. The van der Waals surface area contributed by atoms with Gasteiger partial charge in [0, 0.05) is 6.04 Å². The summed E-state index contributed by atoms with van der Waals surface area (Å²) in [6.07, 6.45) is 6.82. The van der Waals surface area contributed by atoms with E-state index in [9.17, 15) is 4.79 Å². The molecule has 0 unspecified atom stereocenters. The molecule has 0 aromatic heterocycles. The highest BCUT2D eigenvalue weighted by atomic mass is 16.4. The van der Waals surface area contributed by atoms with Crippen LogP contribution in [0.3, 0.4) is 0 Å². The second-order valence-electron chi connectivity index (χ2n) is 4.60. The van der Waals surface area contributed by atoms with Crippen molar-refractivity contribution in [3.63, 3.8) is 0 Å². The predicted molar refractivity (Wildman–Crippen MR) is 54.2 cm³/mol. The van der Waals surface area contributed by atoms with Crippen LogP contribution in [0, 0.1) is 5.92 Å². The first-order valence-corrected chi connectivity index (χ1v) is 5.74. The van der Waals surface area contributed by atoms with Crippen molar-refractivity contribution in [2.75, 3.05) is 13.1 Å². The summed E-state index contributed by atoms with van der Waals surface area (Å²) in [4.78, 5) is 13.3. The maximum Gasteiger partial charge on any atom is 0.306 e. The lowest BCUT2D eigenvalue weighted by atomic mass is 10.1. The Morgan fingerprint density at radius 2 is 1.86 bits per heavy atom. The molecule has 0 spiro atoms. The summed E-state index contributed by atoms with van der Waals surface area (Å²) in [6.45, 7) is 2.38. The molecule has 1 aliphatic heterocycles. The van der Waals surface area contributed by atoms with Gasteiger partial charge in [-0.2, -0.15) is 0 Å². The number of likely N-dealkylation sites (tertiary alicyclic amines) is 1. The molecule has 3 nitrogen and oxygen atoms in total. The van der Waals surface area contributed by atoms with E-state index in [4.69, 9.17) is 5.11 Å². The lowest BCUT2D eigenvalue weighted by molar-refractivity contribution is -0.141. The molecule has 1 aliphatic carbocycles. The lowest BCUT2D eigenvalue weighted by Gasteiger charge is -2.32. The van der Waals surface area contributed by atoms with Gasteiger partial charge in [0.25, 0.3) is 0 Å². The third kappa shape index (κ3) is 2.08. The third-order valence-electron chi connectivity index (χ3n) is 3.66. The van der Waals surface area contributed by atoms with E-state index in [2.05, 4.69) is 4.90 Å². The van der Waals surface area contributed by atoms with Gasteiger partial charge in [0.05, 0.1) is 5.92 Å². The van der Waals surface area contributed by atoms with Crippen LogP contribution < -0.4 is 0 Å². The van der Waals surface area contributed by atoms with Gasteiger partial charge in [-0.25, -0.2) is 0 Å². The van der Waals surface area contributed by atoms with E-state index < -0.39 is 5.97 Å². The summed E-state index contributed by atoms with van der Waals surface area (Å²) in [5.41, 5.74) is 0. The molecule has 0 amide bonds. The molecule has 1 saturated heterocycles. The molecule has 2 fully saturated rings. The second kappa shape index (κ2) is 4.30. The molecule has 1 heterocycles. The van der Waals surface area contributed by atoms with E-state index in [1.165, 1.54) is 32.4 Å². The summed E-state index contributed by atoms with van der Waals surface area (Å²) in [7, 11) is 0. The Balaban J connectivity index is 1.85. The zero-order chi connectivity index (χ0) is 9.97. The van der Waals surface area contributed by atoms with Crippen molar-refractivity contribution in [1.29, 1.82) is 0 Å². The minimum absolute atomic E-state index is 0.0677. The van der Waals surface area contributed by atoms with Gasteiger partial charge in [0.2, 0.25) is 0 Å². The molecule has 80 valence electrons. The second-order valence-corrected chi connectivity index (χ2v) is 4.60. The highest BCUT2D eigenvalue weighted by molar-refractivity contribution is 5.70. The average Bonchev–Trinajstić information content (AvgIpc) is 2.68. The van der Waals surface area contributed by atoms with E-state index >= 15 is 0 Å². The third-order valence-corrected chi connectivity index (χ3v) is 3.66.